The molecule has 16 heavy (non-hydrogen) atoms. The molecule has 0 aromatic heterocycles. The summed E-state index contributed by atoms with van der Waals surface area (Å²) in [7, 11) is 0. The van der Waals surface area contributed by atoms with Crippen LogP contribution in [0.15, 0.2) is 18.2 Å². The van der Waals surface area contributed by atoms with Gasteiger partial charge in [-0.15, -0.1) is 11.6 Å². The fourth-order valence-corrected chi connectivity index (χ4v) is 1.34. The third kappa shape index (κ3) is 2.47. The van der Waals surface area contributed by atoms with Crippen LogP contribution in [0.25, 0.3) is 0 Å². The molecule has 0 aliphatic carbocycles. The minimum atomic E-state index is -4.70. The smallest absolute Gasteiger partial charge is 0.417 e. The summed E-state index contributed by atoms with van der Waals surface area (Å²) in [5, 5.41) is 8.16. The summed E-state index contributed by atoms with van der Waals surface area (Å²) < 4.78 is 37.6. The van der Waals surface area contributed by atoms with Crippen LogP contribution in [0.1, 0.15) is 22.8 Å². The number of hydrogen-bond acceptors (Lipinski definition) is 2. The van der Waals surface area contributed by atoms with Crippen molar-refractivity contribution >= 4 is 17.4 Å². The van der Waals surface area contributed by atoms with Gasteiger partial charge in [-0.2, -0.15) is 13.2 Å². The van der Waals surface area contributed by atoms with E-state index >= 15 is 0 Å². The number of carbonyl (C=O) groups is 1. The Balaban J connectivity index is 3.41. The zero-order valence-electron chi connectivity index (χ0n) is 8.18. The molecule has 0 spiro atoms. The normalized spacial score (nSPS) is 13.6. The first kappa shape index (κ1) is 12.8. The molecule has 88 valence electrons. The molecule has 1 unspecified atom stereocenters. The van der Waals surface area contributed by atoms with Crippen LogP contribution >= 0.6 is 11.6 Å². The number of phenols is 1. The van der Waals surface area contributed by atoms with Gasteiger partial charge in [-0.05, 0) is 19.1 Å². The van der Waals surface area contributed by atoms with E-state index in [1.54, 1.807) is 0 Å². The molecule has 1 rings (SSSR count). The average molecular weight is 253 g/mol. The van der Waals surface area contributed by atoms with Crippen molar-refractivity contribution in [1.82, 2.24) is 0 Å². The topological polar surface area (TPSA) is 37.3 Å². The van der Waals surface area contributed by atoms with E-state index in [0.29, 0.717) is 0 Å². The Bertz CT molecular complexity index is 413. The predicted octanol–water partition coefficient (Wildman–Crippen LogP) is 3.22. The first-order chi connectivity index (χ1) is 7.25. The maximum Gasteiger partial charge on any atom is 0.417 e. The molecule has 0 heterocycles. The Morgan fingerprint density at radius 2 is 2.00 bits per heavy atom. The zero-order chi connectivity index (χ0) is 12.5. The molecule has 0 amide bonds. The molecule has 6 heteroatoms. The number of carbonyl (C=O) groups excluding carboxylic acids is 1. The molecule has 0 aliphatic heterocycles. The van der Waals surface area contributed by atoms with E-state index in [0.717, 1.165) is 18.2 Å². The van der Waals surface area contributed by atoms with Gasteiger partial charge in [-0.25, -0.2) is 0 Å². The standard InChI is InChI=1S/C10H8ClF3O2/c1-5(11)9(16)8-6(10(12,13)14)3-2-4-7(8)15/h2-5,15H,1H3. The maximum atomic E-state index is 12.5. The van der Waals surface area contributed by atoms with Crippen molar-refractivity contribution in [1.29, 1.82) is 0 Å². The van der Waals surface area contributed by atoms with Gasteiger partial charge < -0.3 is 5.11 Å². The van der Waals surface area contributed by atoms with Crippen molar-refractivity contribution in [2.24, 2.45) is 0 Å². The van der Waals surface area contributed by atoms with E-state index in [1.165, 1.54) is 6.92 Å². The van der Waals surface area contributed by atoms with Gasteiger partial charge in [-0.3, -0.25) is 4.79 Å². The van der Waals surface area contributed by atoms with Gasteiger partial charge >= 0.3 is 6.18 Å². The van der Waals surface area contributed by atoms with Gasteiger partial charge in [0.15, 0.2) is 5.78 Å². The number of benzene rings is 1. The number of hydrogen-bond donors (Lipinski definition) is 1. The summed E-state index contributed by atoms with van der Waals surface area (Å²) in [5.74, 6) is -1.67. The fourth-order valence-electron chi connectivity index (χ4n) is 1.23. The highest BCUT2D eigenvalue weighted by Gasteiger charge is 2.37. The summed E-state index contributed by atoms with van der Waals surface area (Å²) in [6.45, 7) is 1.25. The Labute approximate surface area is 94.6 Å². The summed E-state index contributed by atoms with van der Waals surface area (Å²) >= 11 is 5.43. The predicted molar refractivity (Wildman–Crippen MR) is 52.8 cm³/mol. The van der Waals surface area contributed by atoms with E-state index in [1.807, 2.05) is 0 Å². The van der Waals surface area contributed by atoms with Crippen LogP contribution in [0.5, 0.6) is 5.75 Å². The minimum Gasteiger partial charge on any atom is -0.507 e. The van der Waals surface area contributed by atoms with Crippen LogP contribution in [-0.4, -0.2) is 16.3 Å². The van der Waals surface area contributed by atoms with Gasteiger partial charge in [0, 0.05) is 0 Å². The van der Waals surface area contributed by atoms with Crippen LogP contribution < -0.4 is 0 Å². The van der Waals surface area contributed by atoms with Crippen LogP contribution in [0, 0.1) is 0 Å². The van der Waals surface area contributed by atoms with Crippen molar-refractivity contribution in [3.05, 3.63) is 29.3 Å². The number of Topliss-reactive ketones (excluding diaryl/α,β-unsaturated/α-hetero) is 1. The van der Waals surface area contributed by atoms with E-state index in [9.17, 15) is 23.1 Å². The van der Waals surface area contributed by atoms with Crippen molar-refractivity contribution in [2.75, 3.05) is 0 Å². The third-order valence-electron chi connectivity index (χ3n) is 1.96. The van der Waals surface area contributed by atoms with Gasteiger partial charge in [0.1, 0.15) is 5.75 Å². The summed E-state index contributed by atoms with van der Waals surface area (Å²) in [5.41, 5.74) is -1.96. The van der Waals surface area contributed by atoms with E-state index in [-0.39, 0.29) is 0 Å². The highest BCUT2D eigenvalue weighted by molar-refractivity contribution is 6.34. The fraction of sp³-hybridized carbons (Fsp3) is 0.300. The highest BCUT2D eigenvalue weighted by atomic mass is 35.5. The SMILES string of the molecule is CC(Cl)C(=O)c1c(O)cccc1C(F)(F)F. The number of rotatable bonds is 2. The monoisotopic (exact) mass is 252 g/mol. The molecular formula is C10H8ClF3O2. The number of alkyl halides is 4. The molecule has 0 saturated heterocycles. The van der Waals surface area contributed by atoms with Gasteiger partial charge in [0.05, 0.1) is 16.5 Å². The van der Waals surface area contributed by atoms with Crippen LogP contribution in [0.3, 0.4) is 0 Å². The number of phenolic OH excluding ortho intramolecular Hbond substituents is 1. The number of ketones is 1. The second-order valence-corrected chi connectivity index (χ2v) is 3.83. The summed E-state index contributed by atoms with van der Waals surface area (Å²) in [6, 6.07) is 2.77. The summed E-state index contributed by atoms with van der Waals surface area (Å²) in [6.07, 6.45) is -4.70. The second kappa shape index (κ2) is 4.33. The van der Waals surface area contributed by atoms with Crippen molar-refractivity contribution in [3.8, 4) is 5.75 Å². The largest absolute Gasteiger partial charge is 0.507 e. The molecular weight excluding hydrogens is 245 g/mol. The first-order valence-electron chi connectivity index (χ1n) is 4.32. The lowest BCUT2D eigenvalue weighted by Gasteiger charge is -2.13. The van der Waals surface area contributed by atoms with E-state index < -0.39 is 34.2 Å². The molecule has 1 aromatic rings. The third-order valence-corrected chi connectivity index (χ3v) is 2.15. The van der Waals surface area contributed by atoms with E-state index in [4.69, 9.17) is 11.6 Å². The maximum absolute atomic E-state index is 12.5. The highest BCUT2D eigenvalue weighted by Crippen LogP contribution is 2.36. The van der Waals surface area contributed by atoms with Gasteiger partial charge in [0.25, 0.3) is 0 Å². The molecule has 2 nitrogen and oxygen atoms in total. The average Bonchev–Trinajstić information content (AvgIpc) is 2.14. The van der Waals surface area contributed by atoms with Gasteiger partial charge in [0.2, 0.25) is 0 Å². The Morgan fingerprint density at radius 1 is 1.44 bits per heavy atom. The minimum absolute atomic E-state index is 0.715. The lowest BCUT2D eigenvalue weighted by molar-refractivity contribution is -0.138. The molecule has 0 bridgehead atoms. The molecule has 1 atom stereocenters. The molecule has 0 aliphatic rings. The van der Waals surface area contributed by atoms with Crippen LogP contribution in [-0.2, 0) is 6.18 Å². The zero-order valence-corrected chi connectivity index (χ0v) is 8.93. The van der Waals surface area contributed by atoms with E-state index in [2.05, 4.69) is 0 Å². The first-order valence-corrected chi connectivity index (χ1v) is 4.76. The number of halogens is 4. The molecule has 1 N–H and O–H groups in total. The Hall–Kier alpha value is -1.23. The molecule has 0 radical (unpaired) electrons. The van der Waals surface area contributed by atoms with Crippen LogP contribution in [0.4, 0.5) is 13.2 Å². The van der Waals surface area contributed by atoms with Crippen LogP contribution in [0.2, 0.25) is 0 Å². The second-order valence-electron chi connectivity index (χ2n) is 3.18. The molecule has 0 saturated carbocycles. The number of aromatic hydroxyl groups is 1. The Kier molecular flexibility index (Phi) is 3.48. The molecule has 0 fully saturated rings. The summed E-state index contributed by atoms with van der Waals surface area (Å²) in [4.78, 5) is 11.4. The van der Waals surface area contributed by atoms with Crippen molar-refractivity contribution in [2.45, 2.75) is 18.5 Å². The van der Waals surface area contributed by atoms with Crippen molar-refractivity contribution in [3.63, 3.8) is 0 Å². The molecule has 1 aromatic carbocycles. The van der Waals surface area contributed by atoms with Crippen molar-refractivity contribution < 1.29 is 23.1 Å². The Morgan fingerprint density at radius 3 is 2.44 bits per heavy atom. The lowest BCUT2D eigenvalue weighted by atomic mass is 10.0. The van der Waals surface area contributed by atoms with Gasteiger partial charge in [-0.1, -0.05) is 6.07 Å². The lowest BCUT2D eigenvalue weighted by Crippen LogP contribution is -2.18. The quantitative estimate of drug-likeness (QED) is 0.648.